The van der Waals surface area contributed by atoms with Gasteiger partial charge in [0.2, 0.25) is 0 Å². The summed E-state index contributed by atoms with van der Waals surface area (Å²) >= 11 is 0. The van der Waals surface area contributed by atoms with Crippen LogP contribution in [0.5, 0.6) is 0 Å². The van der Waals surface area contributed by atoms with Crippen molar-refractivity contribution in [2.75, 3.05) is 11.5 Å². The summed E-state index contributed by atoms with van der Waals surface area (Å²) in [5.74, 6) is 0. The number of hydrogen-bond donors (Lipinski definition) is 2. The Labute approximate surface area is 82.5 Å². The molecule has 0 unspecified atom stereocenters. The SMILES string of the molecule is Nc1cc2c3c(cc(N)cc3c1)CC2. The molecule has 3 rings (SSSR count). The zero-order chi connectivity index (χ0) is 9.71. The smallest absolute Gasteiger partial charge is 0.0323 e. The molecule has 2 heteroatoms. The Morgan fingerprint density at radius 1 is 0.786 bits per heavy atom. The standard InChI is InChI=1S/C12H12N2/c13-10-3-7-1-2-8-4-11(14)6-9(5-10)12(7)8/h3-6H,1-2,13-14H2. The highest BCUT2D eigenvalue weighted by atomic mass is 14.6. The van der Waals surface area contributed by atoms with Gasteiger partial charge in [-0.2, -0.15) is 0 Å². The van der Waals surface area contributed by atoms with E-state index in [1.54, 1.807) is 0 Å². The zero-order valence-corrected chi connectivity index (χ0v) is 7.88. The first-order chi connectivity index (χ1) is 6.74. The van der Waals surface area contributed by atoms with Gasteiger partial charge in [-0.3, -0.25) is 0 Å². The largest absolute Gasteiger partial charge is 0.399 e. The van der Waals surface area contributed by atoms with Crippen LogP contribution in [0.15, 0.2) is 24.3 Å². The summed E-state index contributed by atoms with van der Waals surface area (Å²) in [6.07, 6.45) is 2.20. The normalized spacial score (nSPS) is 13.7. The quantitative estimate of drug-likeness (QED) is 0.616. The number of aryl methyl sites for hydroxylation is 2. The minimum absolute atomic E-state index is 0.839. The van der Waals surface area contributed by atoms with Crippen LogP contribution in [0.1, 0.15) is 11.1 Å². The van der Waals surface area contributed by atoms with E-state index in [0.29, 0.717) is 0 Å². The van der Waals surface area contributed by atoms with E-state index in [0.717, 1.165) is 24.2 Å². The molecule has 0 fully saturated rings. The molecule has 4 N–H and O–H groups in total. The Hall–Kier alpha value is -1.70. The van der Waals surface area contributed by atoms with Gasteiger partial charge in [-0.05, 0) is 59.0 Å². The molecule has 0 heterocycles. The van der Waals surface area contributed by atoms with E-state index < -0.39 is 0 Å². The average Bonchev–Trinajstić information content (AvgIpc) is 2.48. The molecule has 1 aliphatic carbocycles. The highest BCUT2D eigenvalue weighted by Gasteiger charge is 2.15. The van der Waals surface area contributed by atoms with Crippen molar-refractivity contribution in [3.05, 3.63) is 35.4 Å². The van der Waals surface area contributed by atoms with Crippen molar-refractivity contribution in [3.8, 4) is 0 Å². The molecule has 2 aromatic carbocycles. The molecule has 0 saturated carbocycles. The maximum Gasteiger partial charge on any atom is 0.0323 e. The Morgan fingerprint density at radius 2 is 1.29 bits per heavy atom. The topological polar surface area (TPSA) is 52.0 Å². The van der Waals surface area contributed by atoms with Crippen molar-refractivity contribution in [1.29, 1.82) is 0 Å². The van der Waals surface area contributed by atoms with Crippen molar-refractivity contribution in [2.24, 2.45) is 0 Å². The minimum atomic E-state index is 0.839. The second kappa shape index (κ2) is 2.41. The van der Waals surface area contributed by atoms with E-state index in [1.165, 1.54) is 21.9 Å². The van der Waals surface area contributed by atoms with Gasteiger partial charge in [-0.25, -0.2) is 0 Å². The predicted molar refractivity (Wildman–Crippen MR) is 60.2 cm³/mol. The molecule has 0 atom stereocenters. The first-order valence-electron chi connectivity index (χ1n) is 4.84. The van der Waals surface area contributed by atoms with Gasteiger partial charge >= 0.3 is 0 Å². The van der Waals surface area contributed by atoms with Crippen LogP contribution >= 0.6 is 0 Å². The first kappa shape index (κ1) is 7.68. The molecule has 0 aromatic heterocycles. The fraction of sp³-hybridized carbons (Fsp3) is 0.167. The fourth-order valence-electron chi connectivity index (χ4n) is 2.42. The maximum absolute atomic E-state index is 5.83. The van der Waals surface area contributed by atoms with Crippen molar-refractivity contribution >= 4 is 22.1 Å². The highest BCUT2D eigenvalue weighted by Crippen LogP contribution is 2.34. The molecule has 0 radical (unpaired) electrons. The van der Waals surface area contributed by atoms with Crippen molar-refractivity contribution in [2.45, 2.75) is 12.8 Å². The van der Waals surface area contributed by atoms with Crippen LogP contribution in [-0.2, 0) is 12.8 Å². The molecular weight excluding hydrogens is 172 g/mol. The van der Waals surface area contributed by atoms with E-state index >= 15 is 0 Å². The molecule has 0 bridgehead atoms. The highest BCUT2D eigenvalue weighted by molar-refractivity contribution is 5.95. The van der Waals surface area contributed by atoms with Crippen molar-refractivity contribution in [1.82, 2.24) is 0 Å². The average molecular weight is 184 g/mol. The second-order valence-electron chi connectivity index (χ2n) is 3.96. The predicted octanol–water partition coefficient (Wildman–Crippen LogP) is 2.10. The van der Waals surface area contributed by atoms with Gasteiger partial charge < -0.3 is 11.5 Å². The number of anilines is 2. The van der Waals surface area contributed by atoms with E-state index in [-0.39, 0.29) is 0 Å². The number of nitrogens with two attached hydrogens (primary N) is 2. The molecular formula is C12H12N2. The third-order valence-electron chi connectivity index (χ3n) is 2.92. The van der Waals surface area contributed by atoms with Crippen LogP contribution < -0.4 is 11.5 Å². The number of rotatable bonds is 0. The molecule has 2 nitrogen and oxygen atoms in total. The summed E-state index contributed by atoms with van der Waals surface area (Å²) < 4.78 is 0. The van der Waals surface area contributed by atoms with Gasteiger partial charge in [0.05, 0.1) is 0 Å². The summed E-state index contributed by atoms with van der Waals surface area (Å²) in [7, 11) is 0. The van der Waals surface area contributed by atoms with E-state index in [1.807, 2.05) is 12.1 Å². The van der Waals surface area contributed by atoms with Crippen LogP contribution in [0, 0.1) is 0 Å². The fourth-order valence-corrected chi connectivity index (χ4v) is 2.42. The lowest BCUT2D eigenvalue weighted by Gasteiger charge is -2.04. The molecule has 14 heavy (non-hydrogen) atoms. The molecule has 1 aliphatic rings. The van der Waals surface area contributed by atoms with Crippen LogP contribution in [0.2, 0.25) is 0 Å². The lowest BCUT2D eigenvalue weighted by atomic mass is 10.0. The molecule has 0 spiro atoms. The summed E-state index contributed by atoms with van der Waals surface area (Å²) in [4.78, 5) is 0. The summed E-state index contributed by atoms with van der Waals surface area (Å²) in [6.45, 7) is 0. The molecule has 0 aliphatic heterocycles. The van der Waals surface area contributed by atoms with Gasteiger partial charge in [0, 0.05) is 11.4 Å². The lowest BCUT2D eigenvalue weighted by Crippen LogP contribution is -1.90. The molecule has 2 aromatic rings. The zero-order valence-electron chi connectivity index (χ0n) is 7.88. The third-order valence-corrected chi connectivity index (χ3v) is 2.92. The first-order valence-corrected chi connectivity index (χ1v) is 4.84. The Morgan fingerprint density at radius 3 is 1.79 bits per heavy atom. The Bertz CT molecular complexity index is 485. The Balaban J connectivity index is 2.51. The number of hydrogen-bond acceptors (Lipinski definition) is 2. The van der Waals surface area contributed by atoms with E-state index in [4.69, 9.17) is 11.5 Å². The molecule has 0 amide bonds. The summed E-state index contributed by atoms with van der Waals surface area (Å²) in [5, 5.41) is 2.56. The van der Waals surface area contributed by atoms with Crippen molar-refractivity contribution < 1.29 is 0 Å². The number of nitrogen functional groups attached to an aromatic ring is 2. The second-order valence-corrected chi connectivity index (χ2v) is 3.96. The third kappa shape index (κ3) is 0.909. The maximum atomic E-state index is 5.83. The van der Waals surface area contributed by atoms with Crippen LogP contribution in [0.4, 0.5) is 11.4 Å². The monoisotopic (exact) mass is 184 g/mol. The summed E-state index contributed by atoms with van der Waals surface area (Å²) in [5.41, 5.74) is 16.1. The number of benzene rings is 2. The van der Waals surface area contributed by atoms with Crippen LogP contribution in [-0.4, -0.2) is 0 Å². The van der Waals surface area contributed by atoms with Gasteiger partial charge in [-0.15, -0.1) is 0 Å². The van der Waals surface area contributed by atoms with Crippen molar-refractivity contribution in [3.63, 3.8) is 0 Å². The van der Waals surface area contributed by atoms with Gasteiger partial charge in [-0.1, -0.05) is 0 Å². The van der Waals surface area contributed by atoms with Crippen LogP contribution in [0.3, 0.4) is 0 Å². The lowest BCUT2D eigenvalue weighted by molar-refractivity contribution is 1.02. The minimum Gasteiger partial charge on any atom is -0.399 e. The summed E-state index contributed by atoms with van der Waals surface area (Å²) in [6, 6.07) is 8.16. The van der Waals surface area contributed by atoms with E-state index in [2.05, 4.69) is 12.1 Å². The van der Waals surface area contributed by atoms with Crippen LogP contribution in [0.25, 0.3) is 10.8 Å². The molecule has 0 saturated heterocycles. The van der Waals surface area contributed by atoms with Gasteiger partial charge in [0.15, 0.2) is 0 Å². The van der Waals surface area contributed by atoms with E-state index in [9.17, 15) is 0 Å². The molecule has 70 valence electrons. The van der Waals surface area contributed by atoms with Gasteiger partial charge in [0.25, 0.3) is 0 Å². The van der Waals surface area contributed by atoms with Gasteiger partial charge in [0.1, 0.15) is 0 Å². The Kier molecular flexibility index (Phi) is 1.32.